The fourth-order valence-electron chi connectivity index (χ4n) is 2.08. The number of nitrogens with two attached hydrogens (primary N) is 1. The minimum atomic E-state index is -0.379. The summed E-state index contributed by atoms with van der Waals surface area (Å²) < 4.78 is 0. The van der Waals surface area contributed by atoms with Crippen molar-refractivity contribution in [2.24, 2.45) is 5.73 Å². The van der Waals surface area contributed by atoms with Gasteiger partial charge in [0.2, 0.25) is 0 Å². The fourth-order valence-corrected chi connectivity index (χ4v) is 4.10. The number of thiazole rings is 1. The van der Waals surface area contributed by atoms with E-state index in [0.717, 1.165) is 17.2 Å². The van der Waals surface area contributed by atoms with Crippen molar-refractivity contribution in [1.82, 2.24) is 4.98 Å². The van der Waals surface area contributed by atoms with Gasteiger partial charge >= 0.3 is 0 Å². The first kappa shape index (κ1) is 10.3. The number of rotatable bonds is 1. The first-order valence-corrected chi connectivity index (χ1v) is 7.08. The van der Waals surface area contributed by atoms with Gasteiger partial charge in [-0.25, -0.2) is 4.98 Å². The summed E-state index contributed by atoms with van der Waals surface area (Å²) in [5, 5.41) is 3.02. The highest BCUT2D eigenvalue weighted by molar-refractivity contribution is 7.99. The molecule has 0 bridgehead atoms. The summed E-state index contributed by atoms with van der Waals surface area (Å²) in [5.74, 6) is 1.06. The van der Waals surface area contributed by atoms with Crippen LogP contribution in [-0.4, -0.2) is 10.7 Å². The topological polar surface area (TPSA) is 38.9 Å². The van der Waals surface area contributed by atoms with E-state index in [4.69, 9.17) is 5.73 Å². The molecule has 1 aromatic heterocycles. The van der Waals surface area contributed by atoms with Gasteiger partial charge in [-0.15, -0.1) is 23.1 Å². The smallest absolute Gasteiger partial charge is 0.117 e. The molecule has 0 radical (unpaired) electrons. The van der Waals surface area contributed by atoms with Crippen molar-refractivity contribution in [1.29, 1.82) is 0 Å². The van der Waals surface area contributed by atoms with Gasteiger partial charge in [-0.05, 0) is 18.1 Å². The summed E-state index contributed by atoms with van der Waals surface area (Å²) in [6.07, 6.45) is 2.79. The van der Waals surface area contributed by atoms with Crippen molar-refractivity contribution in [2.45, 2.75) is 16.9 Å². The van der Waals surface area contributed by atoms with Crippen LogP contribution in [0.2, 0.25) is 0 Å². The average Bonchev–Trinajstić information content (AvgIpc) is 2.84. The highest BCUT2D eigenvalue weighted by atomic mass is 32.2. The molecule has 0 aliphatic carbocycles. The lowest BCUT2D eigenvalue weighted by molar-refractivity contribution is 0.503. The predicted octanol–water partition coefficient (Wildman–Crippen LogP) is 2.84. The van der Waals surface area contributed by atoms with Gasteiger partial charge in [-0.1, -0.05) is 18.2 Å². The van der Waals surface area contributed by atoms with Gasteiger partial charge in [0.15, 0.2) is 0 Å². The molecule has 3 rings (SSSR count). The molecule has 2 nitrogen and oxygen atoms in total. The Labute approximate surface area is 103 Å². The summed E-state index contributed by atoms with van der Waals surface area (Å²) in [6.45, 7) is 0. The third-order valence-electron chi connectivity index (χ3n) is 2.94. The molecule has 0 spiro atoms. The van der Waals surface area contributed by atoms with E-state index in [2.05, 4.69) is 29.2 Å². The highest BCUT2D eigenvalue weighted by Crippen LogP contribution is 2.42. The van der Waals surface area contributed by atoms with E-state index in [1.807, 2.05) is 23.3 Å². The molecule has 1 atom stereocenters. The van der Waals surface area contributed by atoms with E-state index in [0.29, 0.717) is 0 Å². The van der Waals surface area contributed by atoms with E-state index in [9.17, 15) is 0 Å². The van der Waals surface area contributed by atoms with Crippen LogP contribution in [0.25, 0.3) is 0 Å². The Morgan fingerprint density at radius 2 is 2.19 bits per heavy atom. The van der Waals surface area contributed by atoms with Crippen molar-refractivity contribution in [3.8, 4) is 0 Å². The summed E-state index contributed by atoms with van der Waals surface area (Å²) in [6, 6.07) is 8.40. The fraction of sp³-hybridized carbons (Fsp3) is 0.250. The Balaban J connectivity index is 2.17. The first-order chi connectivity index (χ1) is 7.81. The molecule has 0 saturated heterocycles. The molecular weight excluding hydrogens is 236 g/mol. The summed E-state index contributed by atoms with van der Waals surface area (Å²) in [4.78, 5) is 5.69. The number of hydrogen-bond acceptors (Lipinski definition) is 4. The summed E-state index contributed by atoms with van der Waals surface area (Å²) >= 11 is 3.53. The number of nitrogens with zero attached hydrogens (tertiary/aromatic N) is 1. The quantitative estimate of drug-likeness (QED) is 0.843. The molecule has 2 N–H and O–H groups in total. The number of thioether (sulfide) groups is 1. The van der Waals surface area contributed by atoms with E-state index in [1.54, 1.807) is 11.3 Å². The van der Waals surface area contributed by atoms with Crippen molar-refractivity contribution in [3.05, 3.63) is 46.4 Å². The third kappa shape index (κ3) is 1.49. The monoisotopic (exact) mass is 248 g/mol. The van der Waals surface area contributed by atoms with Crippen LogP contribution in [0.5, 0.6) is 0 Å². The Hall–Kier alpha value is -0.840. The maximum Gasteiger partial charge on any atom is 0.117 e. The second-order valence-electron chi connectivity index (χ2n) is 3.90. The maximum atomic E-state index is 6.57. The number of fused-ring (bicyclic) bond motifs is 1. The lowest BCUT2D eigenvalue weighted by Crippen LogP contribution is -2.40. The van der Waals surface area contributed by atoms with Crippen LogP contribution in [0, 0.1) is 0 Å². The number of hydrogen-bond donors (Lipinski definition) is 1. The van der Waals surface area contributed by atoms with Crippen molar-refractivity contribution < 1.29 is 0 Å². The Bertz CT molecular complexity index is 495. The highest BCUT2D eigenvalue weighted by Gasteiger charge is 2.36. The molecule has 82 valence electrons. The van der Waals surface area contributed by atoms with Crippen LogP contribution in [0.1, 0.15) is 17.0 Å². The second-order valence-corrected chi connectivity index (χ2v) is 5.93. The Morgan fingerprint density at radius 1 is 1.31 bits per heavy atom. The average molecular weight is 248 g/mol. The van der Waals surface area contributed by atoms with Crippen LogP contribution in [-0.2, 0) is 5.54 Å². The van der Waals surface area contributed by atoms with Crippen LogP contribution in [0.4, 0.5) is 0 Å². The van der Waals surface area contributed by atoms with Crippen LogP contribution < -0.4 is 5.73 Å². The van der Waals surface area contributed by atoms with Gasteiger partial charge in [0.05, 0.1) is 5.54 Å². The van der Waals surface area contributed by atoms with E-state index in [1.165, 1.54) is 10.5 Å². The van der Waals surface area contributed by atoms with Gasteiger partial charge < -0.3 is 5.73 Å². The zero-order valence-electron chi connectivity index (χ0n) is 8.72. The van der Waals surface area contributed by atoms with E-state index >= 15 is 0 Å². The molecule has 1 aromatic carbocycles. The van der Waals surface area contributed by atoms with E-state index < -0.39 is 0 Å². The van der Waals surface area contributed by atoms with Crippen LogP contribution in [0.15, 0.2) is 40.7 Å². The summed E-state index contributed by atoms with van der Waals surface area (Å²) in [5.41, 5.74) is 7.42. The second kappa shape index (κ2) is 3.87. The minimum absolute atomic E-state index is 0.379. The molecule has 0 fully saturated rings. The molecule has 0 amide bonds. The van der Waals surface area contributed by atoms with Gasteiger partial charge in [0.1, 0.15) is 5.01 Å². The standard InChI is InChI=1S/C12H12N2S2/c13-12(11-14-6-8-16-11)5-7-15-10-4-2-1-3-9(10)12/h1-4,6,8H,5,7,13H2. The molecule has 4 heteroatoms. The van der Waals surface area contributed by atoms with Gasteiger partial charge in [0.25, 0.3) is 0 Å². The third-order valence-corrected chi connectivity index (χ3v) is 4.96. The van der Waals surface area contributed by atoms with Crippen molar-refractivity contribution in [2.75, 3.05) is 5.75 Å². The summed E-state index contributed by atoms with van der Waals surface area (Å²) in [7, 11) is 0. The lowest BCUT2D eigenvalue weighted by Gasteiger charge is -2.33. The molecule has 0 saturated carbocycles. The van der Waals surface area contributed by atoms with Gasteiger partial charge in [-0.3, -0.25) is 0 Å². The molecule has 1 unspecified atom stereocenters. The molecular formula is C12H12N2S2. The Kier molecular flexibility index (Phi) is 2.50. The number of aromatic nitrogens is 1. The first-order valence-electron chi connectivity index (χ1n) is 5.22. The molecule has 1 aliphatic heterocycles. The van der Waals surface area contributed by atoms with Gasteiger partial charge in [-0.2, -0.15) is 0 Å². The zero-order chi connectivity index (χ0) is 11.0. The van der Waals surface area contributed by atoms with Crippen LogP contribution >= 0.6 is 23.1 Å². The van der Waals surface area contributed by atoms with Gasteiger partial charge in [0, 0.05) is 22.2 Å². The molecule has 2 heterocycles. The zero-order valence-corrected chi connectivity index (χ0v) is 10.4. The molecule has 2 aromatic rings. The molecule has 16 heavy (non-hydrogen) atoms. The minimum Gasteiger partial charge on any atom is -0.316 e. The predicted molar refractivity (Wildman–Crippen MR) is 68.9 cm³/mol. The molecule has 1 aliphatic rings. The lowest BCUT2D eigenvalue weighted by atomic mass is 9.88. The maximum absolute atomic E-state index is 6.57. The van der Waals surface area contributed by atoms with Crippen molar-refractivity contribution >= 4 is 23.1 Å². The Morgan fingerprint density at radius 3 is 3.00 bits per heavy atom. The van der Waals surface area contributed by atoms with Crippen molar-refractivity contribution in [3.63, 3.8) is 0 Å². The number of benzene rings is 1. The normalized spacial score (nSPS) is 24.1. The largest absolute Gasteiger partial charge is 0.316 e. The van der Waals surface area contributed by atoms with Crippen LogP contribution in [0.3, 0.4) is 0 Å². The van der Waals surface area contributed by atoms with E-state index in [-0.39, 0.29) is 5.54 Å². The SMILES string of the molecule is NC1(c2nccs2)CCSc2ccccc21.